The van der Waals surface area contributed by atoms with Crippen LogP contribution in [0.25, 0.3) is 0 Å². The highest BCUT2D eigenvalue weighted by Gasteiger charge is 2.33. The smallest absolute Gasteiger partial charge is 0.229 e. The number of carbonyl (C=O) groups excluding carboxylic acids is 1. The van der Waals surface area contributed by atoms with E-state index < -0.39 is 5.41 Å². The summed E-state index contributed by atoms with van der Waals surface area (Å²) in [6, 6.07) is 0.268. The molecule has 4 heteroatoms. The zero-order valence-electron chi connectivity index (χ0n) is 10.5. The van der Waals surface area contributed by atoms with Crippen molar-refractivity contribution >= 4 is 17.7 Å². The molecule has 0 aromatic carbocycles. The van der Waals surface area contributed by atoms with Crippen molar-refractivity contribution in [2.24, 2.45) is 11.1 Å². The van der Waals surface area contributed by atoms with Crippen LogP contribution in [0.4, 0.5) is 0 Å². The highest BCUT2D eigenvalue weighted by atomic mass is 32.2. The van der Waals surface area contributed by atoms with Gasteiger partial charge in [-0.2, -0.15) is 11.8 Å². The molecule has 0 rings (SSSR count). The number of hydrogen-bond donors (Lipinski definition) is 1. The zero-order valence-corrected chi connectivity index (χ0v) is 11.4. The van der Waals surface area contributed by atoms with E-state index in [9.17, 15) is 4.79 Å². The Morgan fingerprint density at radius 3 is 2.47 bits per heavy atom. The second-order valence-corrected chi connectivity index (χ2v) is 5.25. The molecule has 0 fully saturated rings. The summed E-state index contributed by atoms with van der Waals surface area (Å²) in [6.45, 7) is 6.44. The molecule has 0 aliphatic heterocycles. The van der Waals surface area contributed by atoms with Crippen molar-refractivity contribution < 1.29 is 4.79 Å². The Kier molecular flexibility index (Phi) is 6.29. The summed E-state index contributed by atoms with van der Waals surface area (Å²) in [5.74, 6) is 1.13. The van der Waals surface area contributed by atoms with Crippen molar-refractivity contribution in [2.45, 2.75) is 33.2 Å². The van der Waals surface area contributed by atoms with E-state index in [4.69, 9.17) is 5.73 Å². The van der Waals surface area contributed by atoms with Gasteiger partial charge >= 0.3 is 0 Å². The van der Waals surface area contributed by atoms with Crippen LogP contribution in [-0.4, -0.2) is 42.4 Å². The van der Waals surface area contributed by atoms with E-state index in [1.54, 1.807) is 11.8 Å². The topological polar surface area (TPSA) is 46.3 Å². The van der Waals surface area contributed by atoms with Gasteiger partial charge in [-0.15, -0.1) is 0 Å². The van der Waals surface area contributed by atoms with Crippen molar-refractivity contribution in [3.8, 4) is 0 Å². The van der Waals surface area contributed by atoms with Gasteiger partial charge in [0.25, 0.3) is 0 Å². The van der Waals surface area contributed by atoms with Gasteiger partial charge in [0, 0.05) is 25.4 Å². The van der Waals surface area contributed by atoms with Crippen LogP contribution in [0.1, 0.15) is 27.2 Å². The highest BCUT2D eigenvalue weighted by molar-refractivity contribution is 7.98. The Bertz CT molecular complexity index is 205. The van der Waals surface area contributed by atoms with Gasteiger partial charge in [-0.05, 0) is 26.5 Å². The summed E-state index contributed by atoms with van der Waals surface area (Å²) in [5.41, 5.74) is 5.28. The fraction of sp³-hybridized carbons (Fsp3) is 0.909. The van der Waals surface area contributed by atoms with Gasteiger partial charge in [0.15, 0.2) is 0 Å². The van der Waals surface area contributed by atoms with Crippen LogP contribution in [0.2, 0.25) is 0 Å². The minimum absolute atomic E-state index is 0.161. The maximum atomic E-state index is 12.2. The Morgan fingerprint density at radius 2 is 2.13 bits per heavy atom. The second kappa shape index (κ2) is 6.38. The zero-order chi connectivity index (χ0) is 12.1. The van der Waals surface area contributed by atoms with Gasteiger partial charge < -0.3 is 10.6 Å². The van der Waals surface area contributed by atoms with E-state index >= 15 is 0 Å². The maximum absolute atomic E-state index is 12.2. The lowest BCUT2D eigenvalue weighted by atomic mass is 9.86. The van der Waals surface area contributed by atoms with Gasteiger partial charge in [0.2, 0.25) is 5.91 Å². The summed E-state index contributed by atoms with van der Waals surface area (Å²) >= 11 is 1.76. The van der Waals surface area contributed by atoms with Crippen molar-refractivity contribution in [3.05, 3.63) is 0 Å². The Balaban J connectivity index is 4.54. The molecule has 0 aromatic heterocycles. The molecule has 3 nitrogen and oxygen atoms in total. The molecular weight excluding hydrogens is 208 g/mol. The number of thioether (sulfide) groups is 1. The second-order valence-electron chi connectivity index (χ2n) is 4.34. The van der Waals surface area contributed by atoms with E-state index in [-0.39, 0.29) is 11.9 Å². The minimum atomic E-state index is -0.401. The predicted molar refractivity (Wildman–Crippen MR) is 68.1 cm³/mol. The fourth-order valence-corrected chi connectivity index (χ4v) is 2.07. The monoisotopic (exact) mass is 232 g/mol. The number of nitrogens with two attached hydrogens (primary N) is 1. The summed E-state index contributed by atoms with van der Waals surface area (Å²) in [5, 5.41) is 0. The van der Waals surface area contributed by atoms with E-state index in [0.717, 1.165) is 12.2 Å². The Labute approximate surface area is 97.8 Å². The molecule has 0 aliphatic rings. The molecule has 90 valence electrons. The predicted octanol–water partition coefficient (Wildman–Crippen LogP) is 1.57. The number of nitrogens with zero attached hydrogens (tertiary/aromatic N) is 1. The number of carbonyl (C=O) groups is 1. The summed E-state index contributed by atoms with van der Waals surface area (Å²) in [4.78, 5) is 14.0. The summed E-state index contributed by atoms with van der Waals surface area (Å²) in [6.07, 6.45) is 2.84. The molecular formula is C11H24N2OS. The van der Waals surface area contributed by atoms with E-state index in [1.807, 2.05) is 25.8 Å². The molecule has 15 heavy (non-hydrogen) atoms. The minimum Gasteiger partial charge on any atom is -0.342 e. The maximum Gasteiger partial charge on any atom is 0.229 e. The van der Waals surface area contributed by atoms with Gasteiger partial charge in [-0.3, -0.25) is 4.79 Å². The van der Waals surface area contributed by atoms with Crippen LogP contribution < -0.4 is 5.73 Å². The van der Waals surface area contributed by atoms with Crippen LogP contribution >= 0.6 is 11.8 Å². The fourth-order valence-electron chi connectivity index (χ4n) is 1.36. The molecule has 2 N–H and O–H groups in total. The van der Waals surface area contributed by atoms with Crippen molar-refractivity contribution in [2.75, 3.05) is 25.6 Å². The van der Waals surface area contributed by atoms with Gasteiger partial charge in [0.05, 0.1) is 5.41 Å². The quantitative estimate of drug-likeness (QED) is 0.756. The van der Waals surface area contributed by atoms with Crippen LogP contribution in [0.15, 0.2) is 0 Å². The van der Waals surface area contributed by atoms with E-state index in [2.05, 4.69) is 13.2 Å². The van der Waals surface area contributed by atoms with Crippen LogP contribution in [0.5, 0.6) is 0 Å². The van der Waals surface area contributed by atoms with Crippen molar-refractivity contribution in [1.29, 1.82) is 0 Å². The third-order valence-electron chi connectivity index (χ3n) is 3.14. The first kappa shape index (κ1) is 14.8. The average molecular weight is 232 g/mol. The first-order valence-corrected chi connectivity index (χ1v) is 6.78. The molecule has 0 saturated carbocycles. The lowest BCUT2D eigenvalue weighted by molar-refractivity contribution is -0.141. The molecule has 2 unspecified atom stereocenters. The van der Waals surface area contributed by atoms with Gasteiger partial charge in [-0.1, -0.05) is 6.92 Å². The number of amides is 1. The Hall–Kier alpha value is -0.220. The summed E-state index contributed by atoms with van der Waals surface area (Å²) < 4.78 is 0. The molecule has 0 bridgehead atoms. The molecule has 0 saturated heterocycles. The normalized spacial score (nSPS) is 16.9. The molecule has 0 heterocycles. The molecule has 0 spiro atoms. The first-order chi connectivity index (χ1) is 6.92. The lowest BCUT2D eigenvalue weighted by Gasteiger charge is -2.34. The molecule has 1 amide bonds. The van der Waals surface area contributed by atoms with E-state index in [1.165, 1.54) is 0 Å². The number of rotatable bonds is 6. The van der Waals surface area contributed by atoms with Crippen LogP contribution in [0.3, 0.4) is 0 Å². The number of hydrogen-bond acceptors (Lipinski definition) is 3. The largest absolute Gasteiger partial charge is 0.342 e. The molecule has 0 aliphatic carbocycles. The third kappa shape index (κ3) is 3.68. The standard InChI is InChI=1S/C11H24N2OS/c1-6-11(3,8-12)10(14)13(4)9(2)7-15-5/h9H,6-8,12H2,1-5H3. The molecule has 0 radical (unpaired) electrons. The van der Waals surface area contributed by atoms with Crippen molar-refractivity contribution in [3.63, 3.8) is 0 Å². The van der Waals surface area contributed by atoms with Gasteiger partial charge in [0.1, 0.15) is 0 Å². The average Bonchev–Trinajstić information content (AvgIpc) is 2.26. The van der Waals surface area contributed by atoms with Gasteiger partial charge in [-0.25, -0.2) is 0 Å². The molecule has 2 atom stereocenters. The lowest BCUT2D eigenvalue weighted by Crippen LogP contribution is -2.48. The highest BCUT2D eigenvalue weighted by Crippen LogP contribution is 2.23. The van der Waals surface area contributed by atoms with Crippen LogP contribution in [-0.2, 0) is 4.79 Å². The third-order valence-corrected chi connectivity index (χ3v) is 3.95. The van der Waals surface area contributed by atoms with E-state index in [0.29, 0.717) is 6.54 Å². The summed E-state index contributed by atoms with van der Waals surface area (Å²) in [7, 11) is 1.87. The van der Waals surface area contributed by atoms with Crippen LogP contribution in [0, 0.1) is 5.41 Å². The Morgan fingerprint density at radius 1 is 1.60 bits per heavy atom. The van der Waals surface area contributed by atoms with Crippen molar-refractivity contribution in [1.82, 2.24) is 4.90 Å². The molecule has 0 aromatic rings. The SMILES string of the molecule is CCC(C)(CN)C(=O)N(C)C(C)CSC. The first-order valence-electron chi connectivity index (χ1n) is 5.39.